The molecule has 1 heterocycles. The average Bonchev–Trinajstić information content (AvgIpc) is 3.08. The Bertz CT molecular complexity index is 868. The number of thiazole rings is 1. The minimum absolute atomic E-state index is 0.177. The number of hydrazone groups is 1. The number of nitrogens with zero attached hydrogens (tertiary/aromatic N) is 2. The lowest BCUT2D eigenvalue weighted by Gasteiger charge is -2.06. The van der Waals surface area contributed by atoms with Crippen molar-refractivity contribution in [2.45, 2.75) is 0 Å². The predicted molar refractivity (Wildman–Crippen MR) is 104 cm³/mol. The van der Waals surface area contributed by atoms with Gasteiger partial charge < -0.3 is 4.74 Å². The number of rotatable bonds is 5. The number of hydrogen-bond acceptors (Lipinski definition) is 5. The van der Waals surface area contributed by atoms with Gasteiger partial charge in [0, 0.05) is 16.5 Å². The fraction of sp³-hybridized carbons (Fsp3) is 0.0588. The first-order valence-electron chi connectivity index (χ1n) is 7.01. The van der Waals surface area contributed by atoms with Crippen molar-refractivity contribution in [1.29, 1.82) is 0 Å². The Balaban J connectivity index is 1.74. The summed E-state index contributed by atoms with van der Waals surface area (Å²) < 4.78 is 19.6. The average molecular weight is 453 g/mol. The highest BCUT2D eigenvalue weighted by Gasteiger charge is 2.11. The SMILES string of the molecule is COc1c(C=NNc2nc(-c3ccccc3)cs2)ccc(I)c1F. The van der Waals surface area contributed by atoms with Crippen LogP contribution in [0.25, 0.3) is 11.3 Å². The summed E-state index contributed by atoms with van der Waals surface area (Å²) in [4.78, 5) is 4.47. The van der Waals surface area contributed by atoms with E-state index in [1.807, 2.05) is 58.3 Å². The van der Waals surface area contributed by atoms with Crippen LogP contribution in [0, 0.1) is 9.39 Å². The van der Waals surface area contributed by atoms with Crippen LogP contribution in [0.4, 0.5) is 9.52 Å². The number of halogens is 2. The summed E-state index contributed by atoms with van der Waals surface area (Å²) in [6.07, 6.45) is 1.52. The minimum atomic E-state index is -0.386. The van der Waals surface area contributed by atoms with Gasteiger partial charge in [-0.3, -0.25) is 5.43 Å². The largest absolute Gasteiger partial charge is 0.493 e. The molecule has 3 rings (SSSR count). The molecule has 0 amide bonds. The van der Waals surface area contributed by atoms with Crippen molar-refractivity contribution in [3.05, 3.63) is 62.8 Å². The van der Waals surface area contributed by atoms with Crippen LogP contribution in [-0.4, -0.2) is 18.3 Å². The van der Waals surface area contributed by atoms with E-state index in [2.05, 4.69) is 15.5 Å². The first kappa shape index (κ1) is 16.8. The topological polar surface area (TPSA) is 46.5 Å². The Hall–Kier alpha value is -2.00. The number of aromatic nitrogens is 1. The van der Waals surface area contributed by atoms with E-state index in [0.29, 0.717) is 14.3 Å². The van der Waals surface area contributed by atoms with Gasteiger partial charge in [0.1, 0.15) is 0 Å². The summed E-state index contributed by atoms with van der Waals surface area (Å²) in [5.41, 5.74) is 5.36. The molecule has 0 saturated heterocycles. The molecule has 0 aliphatic rings. The lowest BCUT2D eigenvalue weighted by molar-refractivity contribution is 0.384. The van der Waals surface area contributed by atoms with Gasteiger partial charge in [0.2, 0.25) is 5.13 Å². The molecule has 0 saturated carbocycles. The van der Waals surface area contributed by atoms with E-state index in [1.165, 1.54) is 24.7 Å². The van der Waals surface area contributed by atoms with Crippen LogP contribution in [0.5, 0.6) is 5.75 Å². The molecule has 1 N–H and O–H groups in total. The highest BCUT2D eigenvalue weighted by Crippen LogP contribution is 2.26. The molecule has 0 radical (unpaired) electrons. The Morgan fingerprint density at radius 1 is 1.25 bits per heavy atom. The molecule has 2 aromatic carbocycles. The standard InChI is InChI=1S/C17H13FIN3OS/c1-23-16-12(7-8-13(19)15(16)18)9-20-22-17-21-14(10-24-17)11-5-3-2-4-6-11/h2-10H,1H3,(H,21,22). The molecule has 24 heavy (non-hydrogen) atoms. The summed E-state index contributed by atoms with van der Waals surface area (Å²) in [6, 6.07) is 13.3. The summed E-state index contributed by atoms with van der Waals surface area (Å²) in [5, 5.41) is 6.74. The number of nitrogens with one attached hydrogen (secondary N) is 1. The second-order valence-electron chi connectivity index (χ2n) is 4.76. The van der Waals surface area contributed by atoms with Crippen molar-refractivity contribution in [2.75, 3.05) is 12.5 Å². The zero-order chi connectivity index (χ0) is 16.9. The molecular weight excluding hydrogens is 440 g/mol. The molecule has 0 unspecified atom stereocenters. The zero-order valence-electron chi connectivity index (χ0n) is 12.7. The summed E-state index contributed by atoms with van der Waals surface area (Å²) >= 11 is 3.37. The first-order valence-corrected chi connectivity index (χ1v) is 8.97. The van der Waals surface area contributed by atoms with E-state index in [4.69, 9.17) is 4.74 Å². The quantitative estimate of drug-likeness (QED) is 0.336. The van der Waals surface area contributed by atoms with Gasteiger partial charge in [-0.15, -0.1) is 11.3 Å². The normalized spacial score (nSPS) is 11.0. The van der Waals surface area contributed by atoms with Gasteiger partial charge in [-0.1, -0.05) is 30.3 Å². The third-order valence-corrected chi connectivity index (χ3v) is 4.80. The summed E-state index contributed by atoms with van der Waals surface area (Å²) in [6.45, 7) is 0. The highest BCUT2D eigenvalue weighted by atomic mass is 127. The predicted octanol–water partition coefficient (Wildman–Crippen LogP) is 5.01. The molecule has 0 aliphatic carbocycles. The van der Waals surface area contributed by atoms with E-state index in [0.717, 1.165) is 11.3 Å². The lowest BCUT2D eigenvalue weighted by Crippen LogP contribution is -1.98. The molecule has 1 aromatic heterocycles. The van der Waals surface area contributed by atoms with E-state index >= 15 is 0 Å². The van der Waals surface area contributed by atoms with Crippen molar-refractivity contribution in [3.8, 4) is 17.0 Å². The number of methoxy groups -OCH3 is 1. The van der Waals surface area contributed by atoms with Crippen LogP contribution in [0.3, 0.4) is 0 Å². The third kappa shape index (κ3) is 3.73. The molecular formula is C17H13FIN3OS. The number of anilines is 1. The molecule has 0 fully saturated rings. The molecule has 0 aliphatic heterocycles. The van der Waals surface area contributed by atoms with Gasteiger partial charge in [-0.05, 0) is 34.7 Å². The maximum Gasteiger partial charge on any atom is 0.203 e. The van der Waals surface area contributed by atoms with Crippen molar-refractivity contribution in [1.82, 2.24) is 4.98 Å². The van der Waals surface area contributed by atoms with Crippen LogP contribution in [0.15, 0.2) is 52.9 Å². The van der Waals surface area contributed by atoms with Gasteiger partial charge in [0.15, 0.2) is 11.6 Å². The van der Waals surface area contributed by atoms with Crippen LogP contribution >= 0.6 is 33.9 Å². The molecule has 122 valence electrons. The second kappa shape index (κ2) is 7.71. The van der Waals surface area contributed by atoms with Gasteiger partial charge >= 0.3 is 0 Å². The molecule has 0 spiro atoms. The smallest absolute Gasteiger partial charge is 0.203 e. The second-order valence-corrected chi connectivity index (χ2v) is 6.78. The molecule has 7 heteroatoms. The lowest BCUT2D eigenvalue weighted by atomic mass is 10.2. The number of benzene rings is 2. The number of ether oxygens (including phenoxy) is 1. The van der Waals surface area contributed by atoms with E-state index in [9.17, 15) is 4.39 Å². The Kier molecular flexibility index (Phi) is 5.41. The summed E-state index contributed by atoms with van der Waals surface area (Å²) in [5.74, 6) is -0.209. The van der Waals surface area contributed by atoms with Crippen LogP contribution in [0.2, 0.25) is 0 Å². The fourth-order valence-corrected chi connectivity index (χ4v) is 3.17. The van der Waals surface area contributed by atoms with Gasteiger partial charge in [-0.25, -0.2) is 9.37 Å². The zero-order valence-corrected chi connectivity index (χ0v) is 15.6. The minimum Gasteiger partial charge on any atom is -0.493 e. The van der Waals surface area contributed by atoms with Crippen molar-refractivity contribution in [2.24, 2.45) is 5.10 Å². The van der Waals surface area contributed by atoms with Gasteiger partial charge in [-0.2, -0.15) is 5.10 Å². The monoisotopic (exact) mass is 453 g/mol. The van der Waals surface area contributed by atoms with E-state index in [-0.39, 0.29) is 11.6 Å². The van der Waals surface area contributed by atoms with Crippen molar-refractivity contribution < 1.29 is 9.13 Å². The summed E-state index contributed by atoms with van der Waals surface area (Å²) in [7, 11) is 1.44. The van der Waals surface area contributed by atoms with Gasteiger partial charge in [0.25, 0.3) is 0 Å². The van der Waals surface area contributed by atoms with Crippen LogP contribution in [-0.2, 0) is 0 Å². The first-order chi connectivity index (χ1) is 11.7. The number of hydrogen-bond donors (Lipinski definition) is 1. The Morgan fingerprint density at radius 3 is 2.79 bits per heavy atom. The maximum absolute atomic E-state index is 14.0. The van der Waals surface area contributed by atoms with E-state index in [1.54, 1.807) is 12.1 Å². The maximum atomic E-state index is 14.0. The fourth-order valence-electron chi connectivity index (χ4n) is 2.08. The van der Waals surface area contributed by atoms with Crippen molar-refractivity contribution >= 4 is 45.3 Å². The van der Waals surface area contributed by atoms with Crippen molar-refractivity contribution in [3.63, 3.8) is 0 Å². The Morgan fingerprint density at radius 2 is 2.04 bits per heavy atom. The third-order valence-electron chi connectivity index (χ3n) is 3.22. The Labute approximate surface area is 156 Å². The van der Waals surface area contributed by atoms with E-state index < -0.39 is 0 Å². The van der Waals surface area contributed by atoms with Gasteiger partial charge in [0.05, 0.1) is 22.6 Å². The molecule has 4 nitrogen and oxygen atoms in total. The van der Waals surface area contributed by atoms with Crippen LogP contribution < -0.4 is 10.2 Å². The molecule has 0 bridgehead atoms. The highest BCUT2D eigenvalue weighted by molar-refractivity contribution is 14.1. The molecule has 3 aromatic rings. The molecule has 0 atom stereocenters. The van der Waals surface area contributed by atoms with Crippen LogP contribution in [0.1, 0.15) is 5.56 Å².